The Hall–Kier alpha value is -2.50. The molecule has 2 aromatic rings. The molecule has 11 heteroatoms. The van der Waals surface area contributed by atoms with Gasteiger partial charge in [0.05, 0.1) is 16.5 Å². The lowest BCUT2D eigenvalue weighted by molar-refractivity contribution is -0.385. The molecule has 0 unspecified atom stereocenters. The number of carbonyl (C=O) groups excluding carboxylic acids is 1. The first-order valence-corrected chi connectivity index (χ1v) is 8.93. The smallest absolute Gasteiger partial charge is 0.284 e. The molecule has 0 aliphatic heterocycles. The lowest BCUT2D eigenvalue weighted by atomic mass is 10.2. The Morgan fingerprint density at radius 1 is 1.28 bits per heavy atom. The molecule has 0 spiro atoms. The van der Waals surface area contributed by atoms with Crippen molar-refractivity contribution in [1.29, 1.82) is 0 Å². The average Bonchev–Trinajstić information content (AvgIpc) is 2.53. The minimum atomic E-state index is -3.98. The van der Waals surface area contributed by atoms with Gasteiger partial charge in [-0.1, -0.05) is 0 Å². The normalized spacial score (nSPS) is 11.0. The number of hydrogen-bond donors (Lipinski definition) is 2. The Morgan fingerprint density at radius 3 is 2.52 bits per heavy atom. The van der Waals surface area contributed by atoms with E-state index in [0.717, 1.165) is 6.07 Å². The van der Waals surface area contributed by atoms with Crippen LogP contribution < -0.4 is 15.2 Å². The summed E-state index contributed by atoms with van der Waals surface area (Å²) in [5.74, 6) is -0.650. The van der Waals surface area contributed by atoms with Crippen LogP contribution in [0.15, 0.2) is 45.8 Å². The molecule has 0 radical (unpaired) electrons. The molecule has 0 aliphatic rings. The first-order valence-electron chi connectivity index (χ1n) is 6.59. The molecule has 0 aliphatic carbocycles. The summed E-state index contributed by atoms with van der Waals surface area (Å²) in [7, 11) is -2.72. The number of nitrogens with zero attached hydrogens (tertiary/aromatic N) is 1. The van der Waals surface area contributed by atoms with Gasteiger partial charge in [0.15, 0.2) is 0 Å². The number of halogens is 1. The zero-order valence-corrected chi connectivity index (χ0v) is 15.1. The molecule has 0 saturated carbocycles. The fourth-order valence-corrected chi connectivity index (χ4v) is 3.05. The van der Waals surface area contributed by atoms with Crippen LogP contribution >= 0.6 is 15.9 Å². The van der Waals surface area contributed by atoms with E-state index >= 15 is 0 Å². The number of benzene rings is 2. The number of nitrogens with two attached hydrogens (primary N) is 1. The minimum Gasteiger partial charge on any atom is -0.495 e. The predicted molar refractivity (Wildman–Crippen MR) is 93.1 cm³/mol. The van der Waals surface area contributed by atoms with E-state index in [0.29, 0.717) is 0 Å². The summed E-state index contributed by atoms with van der Waals surface area (Å²) in [6, 6.07) is 7.71. The minimum absolute atomic E-state index is 0.0397. The summed E-state index contributed by atoms with van der Waals surface area (Å²) in [4.78, 5) is 22.3. The molecular weight excluding hydrogens is 418 g/mol. The maximum atomic E-state index is 12.2. The summed E-state index contributed by atoms with van der Waals surface area (Å²) >= 11 is 3.03. The standard InChI is InChI=1S/C14H12BrN3O6S/c1-24-12-7-9(3-5-13(12)25(16,22)23)17-14(19)8-2-4-10(15)11(6-8)18(20)21/h2-7H,1H3,(H,17,19)(H2,16,22,23). The SMILES string of the molecule is COc1cc(NC(=O)c2ccc(Br)c([N+](=O)[O-])c2)ccc1S(N)(=O)=O. The zero-order valence-electron chi connectivity index (χ0n) is 12.7. The van der Waals surface area contributed by atoms with Crippen LogP contribution in [0, 0.1) is 10.1 Å². The number of amides is 1. The van der Waals surface area contributed by atoms with Crippen molar-refractivity contribution in [1.82, 2.24) is 0 Å². The molecule has 0 aromatic heterocycles. The second-order valence-corrected chi connectivity index (χ2v) is 7.17. The van der Waals surface area contributed by atoms with E-state index < -0.39 is 20.9 Å². The summed E-state index contributed by atoms with van der Waals surface area (Å²) < 4.78 is 28.1. The van der Waals surface area contributed by atoms with Crippen molar-refractivity contribution < 1.29 is 22.9 Å². The highest BCUT2D eigenvalue weighted by Gasteiger charge is 2.18. The van der Waals surface area contributed by atoms with Crippen LogP contribution in [0.4, 0.5) is 11.4 Å². The third-order valence-corrected chi connectivity index (χ3v) is 4.75. The number of hydrogen-bond acceptors (Lipinski definition) is 6. The van der Waals surface area contributed by atoms with E-state index in [1.165, 1.54) is 37.4 Å². The summed E-state index contributed by atoms with van der Waals surface area (Å²) in [5, 5.41) is 18.5. The predicted octanol–water partition coefficient (Wildman–Crippen LogP) is 2.27. The van der Waals surface area contributed by atoms with Gasteiger partial charge in [-0.05, 0) is 40.2 Å². The monoisotopic (exact) mass is 429 g/mol. The van der Waals surface area contributed by atoms with Crippen LogP contribution in [0.25, 0.3) is 0 Å². The van der Waals surface area contributed by atoms with Gasteiger partial charge in [-0.3, -0.25) is 14.9 Å². The van der Waals surface area contributed by atoms with Crippen molar-refractivity contribution in [3.63, 3.8) is 0 Å². The van der Waals surface area contributed by atoms with Crippen LogP contribution in [-0.2, 0) is 10.0 Å². The molecule has 9 nitrogen and oxygen atoms in total. The molecule has 1 amide bonds. The Bertz CT molecular complexity index is 961. The molecule has 2 rings (SSSR count). The average molecular weight is 430 g/mol. The highest BCUT2D eigenvalue weighted by atomic mass is 79.9. The number of nitrogens with one attached hydrogen (secondary N) is 1. The molecule has 132 valence electrons. The number of primary sulfonamides is 1. The third kappa shape index (κ3) is 4.32. The maximum absolute atomic E-state index is 12.2. The van der Waals surface area contributed by atoms with Gasteiger partial charge in [0, 0.05) is 23.4 Å². The fourth-order valence-electron chi connectivity index (χ4n) is 1.98. The van der Waals surface area contributed by atoms with Crippen molar-refractivity contribution >= 4 is 43.2 Å². The first-order chi connectivity index (χ1) is 11.6. The second kappa shape index (κ2) is 7.17. The van der Waals surface area contributed by atoms with Gasteiger partial charge >= 0.3 is 0 Å². The Morgan fingerprint density at radius 2 is 1.96 bits per heavy atom. The second-order valence-electron chi connectivity index (χ2n) is 4.79. The lowest BCUT2D eigenvalue weighted by Gasteiger charge is -2.10. The van der Waals surface area contributed by atoms with Crippen molar-refractivity contribution in [2.24, 2.45) is 5.14 Å². The van der Waals surface area contributed by atoms with Gasteiger partial charge < -0.3 is 10.1 Å². The Labute approximate surface area is 151 Å². The number of rotatable bonds is 5. The summed E-state index contributed by atoms with van der Waals surface area (Å²) in [6.07, 6.45) is 0. The van der Waals surface area contributed by atoms with E-state index in [1.807, 2.05) is 0 Å². The fraction of sp³-hybridized carbons (Fsp3) is 0.0714. The molecular formula is C14H12BrN3O6S. The molecule has 0 fully saturated rings. The summed E-state index contributed by atoms with van der Waals surface area (Å²) in [5.41, 5.74) is 0.0408. The van der Waals surface area contributed by atoms with E-state index in [2.05, 4.69) is 21.2 Å². The van der Waals surface area contributed by atoms with E-state index in [4.69, 9.17) is 9.88 Å². The van der Waals surface area contributed by atoms with Crippen molar-refractivity contribution in [2.75, 3.05) is 12.4 Å². The van der Waals surface area contributed by atoms with Gasteiger partial charge in [0.25, 0.3) is 11.6 Å². The van der Waals surface area contributed by atoms with Crippen molar-refractivity contribution in [3.05, 3.63) is 56.5 Å². The van der Waals surface area contributed by atoms with Gasteiger partial charge in [-0.15, -0.1) is 0 Å². The number of nitro benzene ring substituents is 1. The van der Waals surface area contributed by atoms with Gasteiger partial charge in [0.2, 0.25) is 10.0 Å². The number of carbonyl (C=O) groups is 1. The van der Waals surface area contributed by atoms with Crippen LogP contribution in [-0.4, -0.2) is 26.4 Å². The van der Waals surface area contributed by atoms with Crippen LogP contribution in [0.1, 0.15) is 10.4 Å². The van der Waals surface area contributed by atoms with Crippen LogP contribution in [0.3, 0.4) is 0 Å². The number of ether oxygens (including phenoxy) is 1. The number of nitro groups is 1. The number of sulfonamides is 1. The molecule has 0 heterocycles. The first kappa shape index (κ1) is 18.8. The molecule has 0 atom stereocenters. The number of methoxy groups -OCH3 is 1. The van der Waals surface area contributed by atoms with Gasteiger partial charge in [-0.2, -0.15) is 0 Å². The Kier molecular flexibility index (Phi) is 5.40. The lowest BCUT2D eigenvalue weighted by Crippen LogP contribution is -2.15. The summed E-state index contributed by atoms with van der Waals surface area (Å²) in [6.45, 7) is 0. The highest BCUT2D eigenvalue weighted by Crippen LogP contribution is 2.28. The van der Waals surface area contributed by atoms with Gasteiger partial charge in [0.1, 0.15) is 10.6 Å². The van der Waals surface area contributed by atoms with Crippen molar-refractivity contribution in [2.45, 2.75) is 4.90 Å². The topological polar surface area (TPSA) is 142 Å². The molecule has 0 saturated heterocycles. The molecule has 2 aromatic carbocycles. The number of anilines is 1. The quantitative estimate of drug-likeness (QED) is 0.551. The molecule has 3 N–H and O–H groups in total. The molecule has 25 heavy (non-hydrogen) atoms. The maximum Gasteiger partial charge on any atom is 0.284 e. The van der Waals surface area contributed by atoms with E-state index in [-0.39, 0.29) is 32.1 Å². The van der Waals surface area contributed by atoms with Gasteiger partial charge in [-0.25, -0.2) is 13.6 Å². The Balaban J connectivity index is 2.32. The van der Waals surface area contributed by atoms with E-state index in [1.54, 1.807) is 0 Å². The van der Waals surface area contributed by atoms with Crippen molar-refractivity contribution in [3.8, 4) is 5.75 Å². The third-order valence-electron chi connectivity index (χ3n) is 3.13. The zero-order chi connectivity index (χ0) is 18.8. The molecule has 0 bridgehead atoms. The van der Waals surface area contributed by atoms with E-state index in [9.17, 15) is 23.3 Å². The largest absolute Gasteiger partial charge is 0.495 e. The van der Waals surface area contributed by atoms with Crippen LogP contribution in [0.2, 0.25) is 0 Å². The van der Waals surface area contributed by atoms with Crippen LogP contribution in [0.5, 0.6) is 5.75 Å². The highest BCUT2D eigenvalue weighted by molar-refractivity contribution is 9.10.